The Balaban J connectivity index is 1.35. The van der Waals surface area contributed by atoms with E-state index >= 15 is 0 Å². The zero-order valence-corrected chi connectivity index (χ0v) is 23.1. The van der Waals surface area contributed by atoms with Crippen molar-refractivity contribution in [3.8, 4) is 16.8 Å². The summed E-state index contributed by atoms with van der Waals surface area (Å²) in [6, 6.07) is 56.5. The highest BCUT2D eigenvalue weighted by Gasteiger charge is 2.20. The zero-order valence-electron chi connectivity index (χ0n) is 22.3. The molecule has 41 heavy (non-hydrogen) atoms. The van der Waals surface area contributed by atoms with Gasteiger partial charge in [-0.1, -0.05) is 97.1 Å². The number of nitrogens with zero attached hydrogens (tertiary/aromatic N) is 2. The molecule has 0 N–H and O–H groups in total. The molecule has 0 aliphatic carbocycles. The Labute approximate surface area is 243 Å². The molecule has 0 spiro atoms. The third kappa shape index (κ3) is 4.02. The third-order valence-corrected chi connectivity index (χ3v) is 8.97. The minimum absolute atomic E-state index is 1.13. The van der Waals surface area contributed by atoms with Crippen LogP contribution < -0.4 is 4.90 Å². The molecular weight excluding hydrogens is 516 g/mol. The molecule has 0 unspecified atom stereocenters. The van der Waals surface area contributed by atoms with E-state index < -0.39 is 0 Å². The predicted molar refractivity (Wildman–Crippen MR) is 176 cm³/mol. The van der Waals surface area contributed by atoms with Gasteiger partial charge in [0.15, 0.2) is 0 Å². The number of hydrogen-bond acceptors (Lipinski definition) is 2. The number of aromatic nitrogens is 1. The molecule has 0 saturated carbocycles. The van der Waals surface area contributed by atoms with Gasteiger partial charge in [-0.3, -0.25) is 0 Å². The molecular formula is C38H26N2S. The van der Waals surface area contributed by atoms with Crippen molar-refractivity contribution in [2.75, 3.05) is 4.90 Å². The van der Waals surface area contributed by atoms with Crippen molar-refractivity contribution in [2.24, 2.45) is 0 Å². The van der Waals surface area contributed by atoms with E-state index in [-0.39, 0.29) is 0 Å². The number of hydrogen-bond donors (Lipinski definition) is 0. The van der Waals surface area contributed by atoms with Crippen LogP contribution in [0.1, 0.15) is 0 Å². The van der Waals surface area contributed by atoms with Crippen molar-refractivity contribution in [3.05, 3.63) is 158 Å². The molecule has 8 rings (SSSR count). The lowest BCUT2D eigenvalue weighted by Crippen LogP contribution is -2.09. The number of rotatable bonds is 5. The van der Waals surface area contributed by atoms with Crippen LogP contribution in [0.5, 0.6) is 0 Å². The van der Waals surface area contributed by atoms with Gasteiger partial charge in [0, 0.05) is 38.2 Å². The molecule has 0 bridgehead atoms. The monoisotopic (exact) mass is 542 g/mol. The molecule has 0 amide bonds. The van der Waals surface area contributed by atoms with Crippen LogP contribution in [0.25, 0.3) is 48.0 Å². The molecule has 0 radical (unpaired) electrons. The first-order valence-corrected chi connectivity index (χ1v) is 14.7. The lowest BCUT2D eigenvalue weighted by Gasteiger charge is -2.26. The standard InChI is InChI=1S/C38H26N2S/c1-4-12-27(13-5-1)28-20-22-31(23-21-28)39(29-14-6-2-7-15-29)32-24-25-35-34(26-32)38-37(33-18-10-11-19-36(33)41-38)40(35)30-16-8-3-9-17-30/h1-26H. The van der Waals surface area contributed by atoms with Crippen LogP contribution in [0.2, 0.25) is 0 Å². The molecule has 0 fully saturated rings. The summed E-state index contributed by atoms with van der Waals surface area (Å²) in [5.74, 6) is 0. The Bertz CT molecular complexity index is 2120. The molecule has 6 aromatic carbocycles. The van der Waals surface area contributed by atoms with Crippen LogP contribution >= 0.6 is 11.3 Å². The zero-order chi connectivity index (χ0) is 27.2. The molecule has 0 aliphatic heterocycles. The van der Waals surface area contributed by atoms with Gasteiger partial charge in [-0.2, -0.15) is 0 Å². The second-order valence-corrected chi connectivity index (χ2v) is 11.3. The first-order chi connectivity index (χ1) is 20.3. The summed E-state index contributed by atoms with van der Waals surface area (Å²) in [4.78, 5) is 2.35. The van der Waals surface area contributed by atoms with Gasteiger partial charge in [-0.25, -0.2) is 0 Å². The Kier molecular flexibility index (Phi) is 5.68. The number of anilines is 3. The minimum atomic E-state index is 1.13. The maximum absolute atomic E-state index is 2.43. The third-order valence-electron chi connectivity index (χ3n) is 7.78. The van der Waals surface area contributed by atoms with Gasteiger partial charge in [0.2, 0.25) is 0 Å². The van der Waals surface area contributed by atoms with Crippen LogP contribution in [0, 0.1) is 0 Å². The van der Waals surface area contributed by atoms with Crippen LogP contribution in [0.3, 0.4) is 0 Å². The lowest BCUT2D eigenvalue weighted by atomic mass is 10.0. The molecule has 194 valence electrons. The minimum Gasteiger partial charge on any atom is -0.310 e. The number of fused-ring (bicyclic) bond motifs is 5. The van der Waals surface area contributed by atoms with Crippen molar-refractivity contribution >= 4 is 59.6 Å². The highest BCUT2D eigenvalue weighted by atomic mass is 32.1. The summed E-state index contributed by atoms with van der Waals surface area (Å²) in [7, 11) is 0. The van der Waals surface area contributed by atoms with E-state index in [1.807, 2.05) is 11.3 Å². The maximum Gasteiger partial charge on any atom is 0.0727 e. The van der Waals surface area contributed by atoms with E-state index in [0.29, 0.717) is 0 Å². The predicted octanol–water partition coefficient (Wildman–Crippen LogP) is 11.1. The molecule has 8 aromatic rings. The van der Waals surface area contributed by atoms with Gasteiger partial charge in [0.25, 0.3) is 0 Å². The van der Waals surface area contributed by atoms with Crippen molar-refractivity contribution in [2.45, 2.75) is 0 Å². The van der Waals surface area contributed by atoms with Crippen LogP contribution in [-0.4, -0.2) is 4.57 Å². The second kappa shape index (κ2) is 9.81. The van der Waals surface area contributed by atoms with Gasteiger partial charge in [0.1, 0.15) is 0 Å². The van der Waals surface area contributed by atoms with Crippen molar-refractivity contribution in [3.63, 3.8) is 0 Å². The van der Waals surface area contributed by atoms with Crippen LogP contribution in [-0.2, 0) is 0 Å². The average Bonchev–Trinajstić information content (AvgIpc) is 3.58. The SMILES string of the molecule is c1ccc(-c2ccc(N(c3ccccc3)c3ccc4c(c3)c3sc5ccccc5c3n4-c3ccccc3)cc2)cc1. The molecule has 2 nitrogen and oxygen atoms in total. The number of benzene rings is 6. The quantitative estimate of drug-likeness (QED) is 0.210. The smallest absolute Gasteiger partial charge is 0.0727 e. The fourth-order valence-corrected chi connectivity index (χ4v) is 7.11. The first kappa shape index (κ1) is 23.7. The van der Waals surface area contributed by atoms with Crippen molar-refractivity contribution in [1.82, 2.24) is 4.57 Å². The highest BCUT2D eigenvalue weighted by molar-refractivity contribution is 7.26. The van der Waals surface area contributed by atoms with Crippen LogP contribution in [0.4, 0.5) is 17.1 Å². The largest absolute Gasteiger partial charge is 0.310 e. The van der Waals surface area contributed by atoms with Gasteiger partial charge in [0.05, 0.1) is 15.7 Å². The molecule has 2 aromatic heterocycles. The van der Waals surface area contributed by atoms with E-state index in [0.717, 1.165) is 17.1 Å². The molecule has 0 aliphatic rings. The molecule has 0 saturated heterocycles. The Hall–Kier alpha value is -5.12. The molecule has 3 heteroatoms. The first-order valence-electron chi connectivity index (χ1n) is 13.9. The van der Waals surface area contributed by atoms with E-state index in [4.69, 9.17) is 0 Å². The Morgan fingerprint density at radius 1 is 0.463 bits per heavy atom. The van der Waals surface area contributed by atoms with E-state index in [2.05, 4.69) is 167 Å². The Morgan fingerprint density at radius 2 is 1.05 bits per heavy atom. The molecule has 0 atom stereocenters. The van der Waals surface area contributed by atoms with Crippen molar-refractivity contribution in [1.29, 1.82) is 0 Å². The van der Waals surface area contributed by atoms with E-state index in [1.165, 1.54) is 48.0 Å². The highest BCUT2D eigenvalue weighted by Crippen LogP contribution is 2.45. The van der Waals surface area contributed by atoms with Crippen molar-refractivity contribution < 1.29 is 0 Å². The summed E-state index contributed by atoms with van der Waals surface area (Å²) in [6.45, 7) is 0. The Morgan fingerprint density at radius 3 is 1.80 bits per heavy atom. The normalized spacial score (nSPS) is 11.4. The fourth-order valence-electron chi connectivity index (χ4n) is 5.90. The number of thiophene rings is 1. The van der Waals surface area contributed by atoms with Gasteiger partial charge in [-0.15, -0.1) is 11.3 Å². The molecule has 2 heterocycles. The van der Waals surface area contributed by atoms with Gasteiger partial charge >= 0.3 is 0 Å². The van der Waals surface area contributed by atoms with E-state index in [1.54, 1.807) is 0 Å². The second-order valence-electron chi connectivity index (χ2n) is 10.2. The van der Waals surface area contributed by atoms with Gasteiger partial charge in [-0.05, 0) is 71.8 Å². The summed E-state index contributed by atoms with van der Waals surface area (Å²) < 4.78 is 5.06. The van der Waals surface area contributed by atoms with E-state index in [9.17, 15) is 0 Å². The van der Waals surface area contributed by atoms with Gasteiger partial charge < -0.3 is 9.47 Å². The summed E-state index contributed by atoms with van der Waals surface area (Å²) >= 11 is 1.88. The average molecular weight is 543 g/mol. The summed E-state index contributed by atoms with van der Waals surface area (Å²) in [5, 5.41) is 2.56. The maximum atomic E-state index is 2.43. The fraction of sp³-hybridized carbons (Fsp3) is 0. The summed E-state index contributed by atoms with van der Waals surface area (Å²) in [5.41, 5.74) is 9.52. The lowest BCUT2D eigenvalue weighted by molar-refractivity contribution is 1.19. The summed E-state index contributed by atoms with van der Waals surface area (Å²) in [6.07, 6.45) is 0. The topological polar surface area (TPSA) is 8.17 Å². The van der Waals surface area contributed by atoms with Crippen LogP contribution in [0.15, 0.2) is 158 Å². The number of para-hydroxylation sites is 2.